The molecule has 1 atom stereocenters. The van der Waals surface area contributed by atoms with Crippen molar-refractivity contribution in [2.75, 3.05) is 20.2 Å². The van der Waals surface area contributed by atoms with Crippen LogP contribution in [0.3, 0.4) is 0 Å². The van der Waals surface area contributed by atoms with Gasteiger partial charge in [0.2, 0.25) is 0 Å². The smallest absolute Gasteiger partial charge is 0.136 e. The average Bonchev–Trinajstić information content (AvgIpc) is 2.70. The Balaban J connectivity index is 2.37. The molecule has 0 bridgehead atoms. The van der Waals surface area contributed by atoms with Crippen molar-refractivity contribution in [1.82, 2.24) is 10.3 Å². The summed E-state index contributed by atoms with van der Waals surface area (Å²) in [7, 11) is 1.66. The van der Waals surface area contributed by atoms with Gasteiger partial charge in [0.1, 0.15) is 10.9 Å². The Morgan fingerprint density at radius 1 is 1.64 bits per heavy atom. The van der Waals surface area contributed by atoms with Gasteiger partial charge in [-0.25, -0.2) is 4.98 Å². The molecule has 76 valence electrons. The number of aromatic nitrogens is 1. The first-order valence-corrected chi connectivity index (χ1v) is 5.10. The lowest BCUT2D eigenvalue weighted by atomic mass is 9.99. The van der Waals surface area contributed by atoms with Crippen molar-refractivity contribution in [3.8, 4) is 5.75 Å². The van der Waals surface area contributed by atoms with Gasteiger partial charge in [-0.3, -0.25) is 0 Å². The second-order valence-electron chi connectivity index (χ2n) is 3.41. The fraction of sp³-hybridized carbons (Fsp3) is 0.500. The zero-order valence-electron chi connectivity index (χ0n) is 8.09. The fourth-order valence-corrected chi connectivity index (χ4v) is 2.18. The summed E-state index contributed by atoms with van der Waals surface area (Å²) in [4.78, 5) is 4.09. The molecule has 0 spiro atoms. The molecular formula is C10H13ClN2O. The molecule has 1 aromatic heterocycles. The van der Waals surface area contributed by atoms with Crippen LogP contribution in [0.25, 0.3) is 0 Å². The molecule has 1 saturated heterocycles. The van der Waals surface area contributed by atoms with E-state index in [1.807, 2.05) is 6.07 Å². The third-order valence-electron chi connectivity index (χ3n) is 2.59. The second kappa shape index (κ2) is 4.15. The van der Waals surface area contributed by atoms with E-state index in [0.29, 0.717) is 11.1 Å². The summed E-state index contributed by atoms with van der Waals surface area (Å²) < 4.78 is 5.29. The quantitative estimate of drug-likeness (QED) is 0.760. The van der Waals surface area contributed by atoms with Crippen LogP contribution in [-0.4, -0.2) is 25.2 Å². The van der Waals surface area contributed by atoms with Gasteiger partial charge in [0.25, 0.3) is 0 Å². The maximum Gasteiger partial charge on any atom is 0.136 e. The van der Waals surface area contributed by atoms with Crippen LogP contribution in [0.2, 0.25) is 5.15 Å². The molecule has 0 saturated carbocycles. The molecule has 1 aliphatic rings. The van der Waals surface area contributed by atoms with Gasteiger partial charge >= 0.3 is 0 Å². The minimum absolute atomic E-state index is 0.436. The first-order valence-electron chi connectivity index (χ1n) is 4.72. The van der Waals surface area contributed by atoms with Crippen molar-refractivity contribution in [1.29, 1.82) is 0 Å². The molecule has 1 aromatic rings. The average molecular weight is 213 g/mol. The van der Waals surface area contributed by atoms with Gasteiger partial charge < -0.3 is 10.1 Å². The summed E-state index contributed by atoms with van der Waals surface area (Å²) in [6.07, 6.45) is 2.77. The molecule has 0 amide bonds. The predicted molar refractivity (Wildman–Crippen MR) is 56.0 cm³/mol. The molecule has 4 heteroatoms. The topological polar surface area (TPSA) is 34.1 Å². The summed E-state index contributed by atoms with van der Waals surface area (Å²) in [6, 6.07) is 1.86. The zero-order valence-corrected chi connectivity index (χ0v) is 8.84. The van der Waals surface area contributed by atoms with E-state index in [9.17, 15) is 0 Å². The summed E-state index contributed by atoms with van der Waals surface area (Å²) >= 11 is 6.07. The highest BCUT2D eigenvalue weighted by molar-refractivity contribution is 6.30. The number of ether oxygens (including phenoxy) is 1. The van der Waals surface area contributed by atoms with Crippen molar-refractivity contribution in [2.24, 2.45) is 0 Å². The van der Waals surface area contributed by atoms with Crippen LogP contribution in [0.4, 0.5) is 0 Å². The molecule has 1 N–H and O–H groups in total. The Bertz CT molecular complexity index is 324. The molecule has 2 rings (SSSR count). The third-order valence-corrected chi connectivity index (χ3v) is 2.89. The Hall–Kier alpha value is -0.800. The largest absolute Gasteiger partial charge is 0.496 e. The fourth-order valence-electron chi connectivity index (χ4n) is 1.88. The van der Waals surface area contributed by atoms with E-state index in [-0.39, 0.29) is 0 Å². The molecule has 0 aromatic carbocycles. The maximum atomic E-state index is 6.07. The lowest BCUT2D eigenvalue weighted by Gasteiger charge is -2.14. The number of hydrogen-bond donors (Lipinski definition) is 1. The van der Waals surface area contributed by atoms with E-state index < -0.39 is 0 Å². The van der Waals surface area contributed by atoms with E-state index in [0.717, 1.165) is 30.8 Å². The Morgan fingerprint density at radius 3 is 3.14 bits per heavy atom. The molecule has 1 fully saturated rings. The molecule has 14 heavy (non-hydrogen) atoms. The number of rotatable bonds is 2. The Labute approximate surface area is 88.4 Å². The van der Waals surface area contributed by atoms with Crippen LogP contribution >= 0.6 is 11.6 Å². The maximum absolute atomic E-state index is 6.07. The van der Waals surface area contributed by atoms with Crippen LogP contribution < -0.4 is 10.1 Å². The molecule has 3 nitrogen and oxygen atoms in total. The molecule has 1 aliphatic heterocycles. The SMILES string of the molecule is COc1ccnc(Cl)c1C1CCNC1. The highest BCUT2D eigenvalue weighted by Gasteiger charge is 2.23. The monoisotopic (exact) mass is 212 g/mol. The molecule has 0 aliphatic carbocycles. The molecule has 0 radical (unpaired) electrons. The first-order chi connectivity index (χ1) is 6.83. The Morgan fingerprint density at radius 2 is 2.50 bits per heavy atom. The number of pyridine rings is 1. The van der Waals surface area contributed by atoms with E-state index >= 15 is 0 Å². The van der Waals surface area contributed by atoms with Gasteiger partial charge in [-0.1, -0.05) is 11.6 Å². The minimum Gasteiger partial charge on any atom is -0.496 e. The summed E-state index contributed by atoms with van der Waals surface area (Å²) in [5, 5.41) is 3.88. The van der Waals surface area contributed by atoms with Crippen LogP contribution in [0.15, 0.2) is 12.3 Å². The van der Waals surface area contributed by atoms with Crippen LogP contribution in [0.5, 0.6) is 5.75 Å². The van der Waals surface area contributed by atoms with Crippen LogP contribution in [0, 0.1) is 0 Å². The van der Waals surface area contributed by atoms with Crippen LogP contribution in [-0.2, 0) is 0 Å². The number of nitrogens with zero attached hydrogens (tertiary/aromatic N) is 1. The van der Waals surface area contributed by atoms with Gasteiger partial charge in [-0.05, 0) is 19.0 Å². The van der Waals surface area contributed by atoms with Gasteiger partial charge in [0, 0.05) is 24.2 Å². The van der Waals surface area contributed by atoms with E-state index in [4.69, 9.17) is 16.3 Å². The van der Waals surface area contributed by atoms with E-state index in [1.54, 1.807) is 13.3 Å². The Kier molecular flexibility index (Phi) is 2.89. The van der Waals surface area contributed by atoms with Gasteiger partial charge in [-0.15, -0.1) is 0 Å². The van der Waals surface area contributed by atoms with Gasteiger partial charge in [0.05, 0.1) is 7.11 Å². The van der Waals surface area contributed by atoms with Gasteiger partial charge in [-0.2, -0.15) is 0 Å². The lowest BCUT2D eigenvalue weighted by Crippen LogP contribution is -2.09. The van der Waals surface area contributed by atoms with Crippen molar-refractivity contribution in [3.05, 3.63) is 23.0 Å². The van der Waals surface area contributed by atoms with E-state index in [2.05, 4.69) is 10.3 Å². The van der Waals surface area contributed by atoms with Crippen LogP contribution in [0.1, 0.15) is 17.9 Å². The normalized spacial score (nSPS) is 21.1. The first kappa shape index (κ1) is 9.74. The number of halogens is 1. The second-order valence-corrected chi connectivity index (χ2v) is 3.77. The van der Waals surface area contributed by atoms with Crippen molar-refractivity contribution < 1.29 is 4.74 Å². The lowest BCUT2D eigenvalue weighted by molar-refractivity contribution is 0.405. The highest BCUT2D eigenvalue weighted by Crippen LogP contribution is 2.34. The van der Waals surface area contributed by atoms with Crippen molar-refractivity contribution in [3.63, 3.8) is 0 Å². The van der Waals surface area contributed by atoms with Gasteiger partial charge in [0.15, 0.2) is 0 Å². The zero-order chi connectivity index (χ0) is 9.97. The van der Waals surface area contributed by atoms with Crippen molar-refractivity contribution in [2.45, 2.75) is 12.3 Å². The third kappa shape index (κ3) is 1.70. The number of nitrogens with one attached hydrogen (secondary N) is 1. The minimum atomic E-state index is 0.436. The summed E-state index contributed by atoms with van der Waals surface area (Å²) in [6.45, 7) is 2.00. The summed E-state index contributed by atoms with van der Waals surface area (Å²) in [5.74, 6) is 1.28. The van der Waals surface area contributed by atoms with E-state index in [1.165, 1.54) is 0 Å². The predicted octanol–water partition coefficient (Wildman–Crippen LogP) is 1.82. The number of hydrogen-bond acceptors (Lipinski definition) is 3. The number of methoxy groups -OCH3 is 1. The summed E-state index contributed by atoms with van der Waals surface area (Å²) in [5.41, 5.74) is 1.04. The van der Waals surface area contributed by atoms with Crippen molar-refractivity contribution >= 4 is 11.6 Å². The molecular weight excluding hydrogens is 200 g/mol. The molecule has 2 heterocycles. The standard InChI is InChI=1S/C10H13ClN2O/c1-14-8-3-5-13-10(11)9(8)7-2-4-12-6-7/h3,5,7,12H,2,4,6H2,1H3. The highest BCUT2D eigenvalue weighted by atomic mass is 35.5. The molecule has 1 unspecified atom stereocenters.